The minimum absolute atomic E-state index is 0.0227. The molecule has 0 radical (unpaired) electrons. The van der Waals surface area contributed by atoms with Crippen LogP contribution in [0.25, 0.3) is 0 Å². The van der Waals surface area contributed by atoms with Crippen molar-refractivity contribution in [3.05, 3.63) is 34.4 Å². The Balaban J connectivity index is 3.00. The number of nitro benzene ring substituents is 1. The molecule has 0 fully saturated rings. The van der Waals surface area contributed by atoms with Crippen LogP contribution in [0.15, 0.2) is 29.2 Å². The molecule has 1 aromatic rings. The second-order valence-electron chi connectivity index (χ2n) is 4.56. The fourth-order valence-corrected chi connectivity index (χ4v) is 4.93. The number of non-ortho nitro benzene ring substituents is 1. The van der Waals surface area contributed by atoms with E-state index in [-0.39, 0.29) is 5.69 Å². The van der Waals surface area contributed by atoms with Crippen molar-refractivity contribution in [3.63, 3.8) is 0 Å². The lowest BCUT2D eigenvalue weighted by atomic mass is 10.3. The van der Waals surface area contributed by atoms with Gasteiger partial charge in [0.15, 0.2) is 8.38 Å². The number of hydrogen-bond donors (Lipinski definition) is 0. The van der Waals surface area contributed by atoms with E-state index in [1.165, 1.54) is 24.3 Å². The van der Waals surface area contributed by atoms with Crippen molar-refractivity contribution in [2.75, 3.05) is 13.2 Å². The van der Waals surface area contributed by atoms with Crippen LogP contribution in [0, 0.1) is 10.1 Å². The lowest BCUT2D eigenvalue weighted by Crippen LogP contribution is -2.26. The van der Waals surface area contributed by atoms with Crippen molar-refractivity contribution >= 4 is 24.9 Å². The molecule has 0 spiro atoms. The first-order chi connectivity index (χ1) is 9.84. The van der Waals surface area contributed by atoms with Gasteiger partial charge in [-0.15, -0.1) is 0 Å². The van der Waals surface area contributed by atoms with E-state index in [4.69, 9.17) is 9.05 Å². The fraction of sp³-hybridized carbons (Fsp3) is 0.538. The smallest absolute Gasteiger partial charge is 0.269 e. The van der Waals surface area contributed by atoms with Crippen LogP contribution in [0.4, 0.5) is 5.69 Å². The molecule has 0 aliphatic carbocycles. The molecule has 21 heavy (non-hydrogen) atoms. The van der Waals surface area contributed by atoms with Gasteiger partial charge in [0, 0.05) is 17.0 Å². The van der Waals surface area contributed by atoms with E-state index < -0.39 is 28.6 Å². The standard InChI is InChI=1S/C13H20NO5PS/c1-5-18-20(19-6-2)13(3,4)21(17)12-9-7-11(8-10-12)14(15)16/h7-10H,5-6H2,1-4H3. The number of benzene rings is 1. The normalized spacial score (nSPS) is 13.4. The van der Waals surface area contributed by atoms with Crippen LogP contribution in [0.1, 0.15) is 27.7 Å². The monoisotopic (exact) mass is 333 g/mol. The van der Waals surface area contributed by atoms with Crippen LogP contribution in [-0.4, -0.2) is 26.8 Å². The molecular formula is C13H20NO5PS. The van der Waals surface area contributed by atoms with E-state index in [1.807, 2.05) is 27.7 Å². The van der Waals surface area contributed by atoms with Gasteiger partial charge in [0.05, 0.1) is 28.9 Å². The zero-order chi connectivity index (χ0) is 16.0. The number of hydrogen-bond acceptors (Lipinski definition) is 5. The highest BCUT2D eigenvalue weighted by Crippen LogP contribution is 2.54. The van der Waals surface area contributed by atoms with Crippen LogP contribution >= 0.6 is 8.38 Å². The Bertz CT molecular complexity index is 500. The second kappa shape index (κ2) is 7.94. The fourth-order valence-electron chi connectivity index (χ4n) is 1.63. The lowest BCUT2D eigenvalue weighted by molar-refractivity contribution is -0.384. The molecule has 0 aromatic heterocycles. The highest BCUT2D eigenvalue weighted by atomic mass is 32.2. The molecule has 0 saturated heterocycles. The average molecular weight is 333 g/mol. The van der Waals surface area contributed by atoms with Crippen LogP contribution < -0.4 is 0 Å². The number of nitrogens with zero attached hydrogens (tertiary/aromatic N) is 1. The first-order valence-electron chi connectivity index (χ1n) is 6.57. The summed E-state index contributed by atoms with van der Waals surface area (Å²) in [6.07, 6.45) is 0. The van der Waals surface area contributed by atoms with Crippen molar-refractivity contribution < 1.29 is 18.2 Å². The molecule has 1 aromatic carbocycles. The van der Waals surface area contributed by atoms with Crippen LogP contribution in [-0.2, 0) is 19.8 Å². The van der Waals surface area contributed by atoms with E-state index in [9.17, 15) is 14.3 Å². The predicted molar refractivity (Wildman–Crippen MR) is 83.8 cm³/mol. The second-order valence-corrected chi connectivity index (χ2v) is 9.04. The summed E-state index contributed by atoms with van der Waals surface area (Å²) in [7, 11) is -2.71. The maximum absolute atomic E-state index is 12.7. The highest BCUT2D eigenvalue weighted by molar-refractivity contribution is 7.93. The van der Waals surface area contributed by atoms with Gasteiger partial charge in [-0.3, -0.25) is 14.3 Å². The quantitative estimate of drug-likeness (QED) is 0.410. The molecule has 1 rings (SSSR count). The summed E-state index contributed by atoms with van der Waals surface area (Å²) in [6, 6.07) is 5.74. The SMILES string of the molecule is CCOP(OCC)C(C)(C)S(=O)c1ccc([N+](=O)[O-])cc1. The van der Waals surface area contributed by atoms with E-state index in [0.717, 1.165) is 0 Å². The molecule has 0 heterocycles. The van der Waals surface area contributed by atoms with Crippen LogP contribution in [0.3, 0.4) is 0 Å². The Kier molecular flexibility index (Phi) is 6.87. The molecule has 0 saturated carbocycles. The van der Waals surface area contributed by atoms with E-state index in [1.54, 1.807) is 0 Å². The molecule has 1 atom stereocenters. The average Bonchev–Trinajstić information content (AvgIpc) is 2.46. The molecule has 0 N–H and O–H groups in total. The largest absolute Gasteiger partial charge is 0.333 e. The van der Waals surface area contributed by atoms with Gasteiger partial charge in [-0.05, 0) is 39.8 Å². The Labute approximate surface area is 128 Å². The zero-order valence-corrected chi connectivity index (χ0v) is 14.3. The first kappa shape index (κ1) is 18.2. The Morgan fingerprint density at radius 1 is 1.19 bits per heavy atom. The molecule has 8 heteroatoms. The molecule has 6 nitrogen and oxygen atoms in total. The van der Waals surface area contributed by atoms with Crippen molar-refractivity contribution in [2.24, 2.45) is 0 Å². The third-order valence-electron chi connectivity index (χ3n) is 2.65. The third-order valence-corrected chi connectivity index (χ3v) is 7.06. The first-order valence-corrected chi connectivity index (χ1v) is 8.89. The van der Waals surface area contributed by atoms with Crippen molar-refractivity contribution in [1.29, 1.82) is 0 Å². The predicted octanol–water partition coefficient (Wildman–Crippen LogP) is 3.82. The summed E-state index contributed by atoms with van der Waals surface area (Å²) < 4.78 is 23.2. The summed E-state index contributed by atoms with van der Waals surface area (Å²) in [5, 5.41) is 10.7. The van der Waals surface area contributed by atoms with Crippen molar-refractivity contribution in [2.45, 2.75) is 37.1 Å². The summed E-state index contributed by atoms with van der Waals surface area (Å²) in [5.74, 6) is 0. The number of rotatable bonds is 8. The molecule has 118 valence electrons. The number of nitro groups is 1. The highest BCUT2D eigenvalue weighted by Gasteiger charge is 2.39. The van der Waals surface area contributed by atoms with Gasteiger partial charge in [0.1, 0.15) is 4.49 Å². The summed E-state index contributed by atoms with van der Waals surface area (Å²) >= 11 is 0. The lowest BCUT2D eigenvalue weighted by Gasteiger charge is -2.31. The molecule has 1 unspecified atom stereocenters. The topological polar surface area (TPSA) is 78.7 Å². The Hall–Kier alpha value is -0.880. The van der Waals surface area contributed by atoms with Gasteiger partial charge in [-0.1, -0.05) is 0 Å². The molecule has 0 aliphatic heterocycles. The summed E-state index contributed by atoms with van der Waals surface area (Å²) in [6.45, 7) is 8.32. The van der Waals surface area contributed by atoms with E-state index in [2.05, 4.69) is 0 Å². The van der Waals surface area contributed by atoms with Gasteiger partial charge in [0.2, 0.25) is 0 Å². The van der Waals surface area contributed by atoms with Crippen LogP contribution in [0.2, 0.25) is 0 Å². The van der Waals surface area contributed by atoms with Crippen molar-refractivity contribution in [1.82, 2.24) is 0 Å². The van der Waals surface area contributed by atoms with E-state index in [0.29, 0.717) is 18.1 Å². The third kappa shape index (κ3) is 4.54. The molecular weight excluding hydrogens is 313 g/mol. The maximum atomic E-state index is 12.7. The van der Waals surface area contributed by atoms with Gasteiger partial charge >= 0.3 is 0 Å². The van der Waals surface area contributed by atoms with Gasteiger partial charge in [-0.25, -0.2) is 0 Å². The summed E-state index contributed by atoms with van der Waals surface area (Å²) in [4.78, 5) is 10.7. The van der Waals surface area contributed by atoms with Gasteiger partial charge in [-0.2, -0.15) is 0 Å². The van der Waals surface area contributed by atoms with E-state index >= 15 is 0 Å². The maximum Gasteiger partial charge on any atom is 0.269 e. The molecule has 0 amide bonds. The molecule has 0 aliphatic rings. The van der Waals surface area contributed by atoms with Crippen molar-refractivity contribution in [3.8, 4) is 0 Å². The summed E-state index contributed by atoms with van der Waals surface area (Å²) in [5.41, 5.74) is -0.0227. The van der Waals surface area contributed by atoms with Gasteiger partial charge < -0.3 is 9.05 Å². The Morgan fingerprint density at radius 2 is 1.67 bits per heavy atom. The zero-order valence-electron chi connectivity index (χ0n) is 12.6. The molecule has 0 bridgehead atoms. The Morgan fingerprint density at radius 3 is 2.05 bits per heavy atom. The van der Waals surface area contributed by atoms with Crippen LogP contribution in [0.5, 0.6) is 0 Å². The minimum Gasteiger partial charge on any atom is -0.333 e. The van der Waals surface area contributed by atoms with Gasteiger partial charge in [0.25, 0.3) is 5.69 Å². The minimum atomic E-state index is -1.39.